The minimum absolute atomic E-state index is 0.0530. The van der Waals surface area contributed by atoms with E-state index in [2.05, 4.69) is 10.2 Å². The summed E-state index contributed by atoms with van der Waals surface area (Å²) < 4.78 is 37.1. The summed E-state index contributed by atoms with van der Waals surface area (Å²) in [5.41, 5.74) is 0.820. The Hall–Kier alpha value is -2.71. The van der Waals surface area contributed by atoms with Crippen LogP contribution >= 0.6 is 0 Å². The van der Waals surface area contributed by atoms with E-state index < -0.39 is 24.7 Å². The molecule has 8 heteroatoms. The maximum Gasteiger partial charge on any atom is 0.407 e. The Morgan fingerprint density at radius 1 is 1.16 bits per heavy atom. The van der Waals surface area contributed by atoms with Crippen molar-refractivity contribution in [1.29, 1.82) is 0 Å². The van der Waals surface area contributed by atoms with Gasteiger partial charge in [0.1, 0.15) is 18.5 Å². The average Bonchev–Trinajstić information content (AvgIpc) is 3.30. The molecule has 1 aliphatic rings. The van der Waals surface area contributed by atoms with E-state index in [9.17, 15) is 18.7 Å². The molecule has 0 saturated carbocycles. The van der Waals surface area contributed by atoms with Crippen LogP contribution in [0, 0.1) is 0 Å². The highest BCUT2D eigenvalue weighted by Gasteiger charge is 2.28. The summed E-state index contributed by atoms with van der Waals surface area (Å²) in [7, 11) is 1.32. The number of benzene rings is 2. The minimum atomic E-state index is -2.75. The Morgan fingerprint density at radius 3 is 2.52 bits per heavy atom. The number of amides is 1. The van der Waals surface area contributed by atoms with E-state index in [4.69, 9.17) is 9.47 Å². The van der Waals surface area contributed by atoms with Gasteiger partial charge >= 0.3 is 6.09 Å². The van der Waals surface area contributed by atoms with Crippen molar-refractivity contribution in [3.8, 4) is 5.75 Å². The van der Waals surface area contributed by atoms with Crippen LogP contribution in [0.3, 0.4) is 0 Å². The fourth-order valence-electron chi connectivity index (χ4n) is 3.72. The number of hydrogen-bond donors (Lipinski definition) is 2. The van der Waals surface area contributed by atoms with Crippen molar-refractivity contribution < 1.29 is 28.2 Å². The molecule has 2 aromatic rings. The fourth-order valence-corrected chi connectivity index (χ4v) is 3.72. The SMILES string of the molecule is COc1ccc(C(O)[C@@H](CN2CCCC2)NC(=O)OCc2ccccc2)cc1C(F)F. The highest BCUT2D eigenvalue weighted by atomic mass is 19.3. The number of carbonyl (C=O) groups excluding carboxylic acids is 1. The van der Waals surface area contributed by atoms with E-state index in [1.165, 1.54) is 25.3 Å². The molecule has 1 saturated heterocycles. The van der Waals surface area contributed by atoms with Gasteiger partial charge in [-0.3, -0.25) is 0 Å². The van der Waals surface area contributed by atoms with Gasteiger partial charge in [0.2, 0.25) is 0 Å². The summed E-state index contributed by atoms with van der Waals surface area (Å²) in [6, 6.07) is 12.7. The van der Waals surface area contributed by atoms with Crippen LogP contribution in [0.4, 0.5) is 13.6 Å². The van der Waals surface area contributed by atoms with Crippen molar-refractivity contribution in [3.63, 3.8) is 0 Å². The molecule has 2 N–H and O–H groups in total. The van der Waals surface area contributed by atoms with Gasteiger partial charge in [0, 0.05) is 6.54 Å². The number of aliphatic hydroxyl groups excluding tert-OH is 1. The number of ether oxygens (including phenoxy) is 2. The molecule has 1 aliphatic heterocycles. The molecule has 2 atom stereocenters. The third-order valence-electron chi connectivity index (χ3n) is 5.38. The average molecular weight is 434 g/mol. The minimum Gasteiger partial charge on any atom is -0.496 e. The quantitative estimate of drug-likeness (QED) is 0.623. The third-order valence-corrected chi connectivity index (χ3v) is 5.38. The predicted molar refractivity (Wildman–Crippen MR) is 112 cm³/mol. The lowest BCUT2D eigenvalue weighted by molar-refractivity contribution is 0.0877. The maximum absolute atomic E-state index is 13.4. The van der Waals surface area contributed by atoms with Crippen LogP contribution in [0.2, 0.25) is 0 Å². The molecule has 1 fully saturated rings. The van der Waals surface area contributed by atoms with E-state index in [0.29, 0.717) is 6.54 Å². The van der Waals surface area contributed by atoms with E-state index >= 15 is 0 Å². The van der Waals surface area contributed by atoms with Crippen molar-refractivity contribution in [2.45, 2.75) is 38.0 Å². The normalized spacial score (nSPS) is 16.2. The van der Waals surface area contributed by atoms with Gasteiger partial charge in [-0.1, -0.05) is 36.4 Å². The molecule has 1 heterocycles. The molecular weight excluding hydrogens is 406 g/mol. The summed E-state index contributed by atoms with van der Waals surface area (Å²) in [5, 5.41) is 13.7. The highest BCUT2D eigenvalue weighted by molar-refractivity contribution is 5.67. The van der Waals surface area contributed by atoms with Crippen molar-refractivity contribution >= 4 is 6.09 Å². The largest absolute Gasteiger partial charge is 0.496 e. The van der Waals surface area contributed by atoms with Crippen LogP contribution in [0.1, 0.15) is 42.1 Å². The van der Waals surface area contributed by atoms with Crippen molar-refractivity contribution in [2.75, 3.05) is 26.7 Å². The number of aliphatic hydroxyl groups is 1. The number of nitrogens with one attached hydrogen (secondary N) is 1. The first-order valence-corrected chi connectivity index (χ1v) is 10.3. The maximum atomic E-state index is 13.4. The van der Waals surface area contributed by atoms with Gasteiger partial charge < -0.3 is 24.8 Å². The zero-order chi connectivity index (χ0) is 22.2. The van der Waals surface area contributed by atoms with E-state index in [1.807, 2.05) is 30.3 Å². The number of alkyl carbamates (subject to hydrolysis) is 1. The smallest absolute Gasteiger partial charge is 0.407 e. The van der Waals surface area contributed by atoms with Gasteiger partial charge in [-0.2, -0.15) is 0 Å². The van der Waals surface area contributed by atoms with Crippen LogP contribution in [-0.4, -0.2) is 48.9 Å². The summed E-state index contributed by atoms with van der Waals surface area (Å²) in [5.74, 6) is 0.0530. The monoisotopic (exact) mass is 434 g/mol. The molecule has 1 unspecified atom stereocenters. The van der Waals surface area contributed by atoms with Gasteiger partial charge in [0.05, 0.1) is 18.7 Å². The molecule has 0 radical (unpaired) electrons. The second kappa shape index (κ2) is 11.1. The Balaban J connectivity index is 1.72. The zero-order valence-electron chi connectivity index (χ0n) is 17.5. The number of methoxy groups -OCH3 is 1. The number of rotatable bonds is 9. The molecule has 3 rings (SSSR count). The number of hydrogen-bond acceptors (Lipinski definition) is 5. The Bertz CT molecular complexity index is 845. The summed E-state index contributed by atoms with van der Waals surface area (Å²) >= 11 is 0. The molecule has 31 heavy (non-hydrogen) atoms. The van der Waals surface area contributed by atoms with Crippen LogP contribution < -0.4 is 10.1 Å². The lowest BCUT2D eigenvalue weighted by atomic mass is 9.99. The number of likely N-dealkylation sites (tertiary alicyclic amines) is 1. The van der Waals surface area contributed by atoms with Gasteiger partial charge in [-0.25, -0.2) is 13.6 Å². The molecule has 6 nitrogen and oxygen atoms in total. The van der Waals surface area contributed by atoms with Crippen LogP contribution in [-0.2, 0) is 11.3 Å². The molecule has 0 bridgehead atoms. The van der Waals surface area contributed by atoms with Crippen LogP contribution in [0.5, 0.6) is 5.75 Å². The molecule has 2 aromatic carbocycles. The van der Waals surface area contributed by atoms with Gasteiger partial charge in [-0.05, 0) is 49.2 Å². The van der Waals surface area contributed by atoms with E-state index in [1.54, 1.807) is 0 Å². The lowest BCUT2D eigenvalue weighted by Crippen LogP contribution is -2.46. The van der Waals surface area contributed by atoms with Crippen molar-refractivity contribution in [3.05, 3.63) is 65.2 Å². The Kier molecular flexibility index (Phi) is 8.20. The summed E-state index contributed by atoms with van der Waals surface area (Å²) in [6.45, 7) is 2.19. The zero-order valence-corrected chi connectivity index (χ0v) is 17.5. The van der Waals surface area contributed by atoms with E-state index in [-0.39, 0.29) is 23.5 Å². The molecule has 1 amide bonds. The number of carbonyl (C=O) groups is 1. The third kappa shape index (κ3) is 6.38. The van der Waals surface area contributed by atoms with Crippen molar-refractivity contribution in [2.24, 2.45) is 0 Å². The molecule has 0 aliphatic carbocycles. The number of alkyl halides is 2. The Labute approximate surface area is 180 Å². The molecule has 0 aromatic heterocycles. The number of halogens is 2. The summed E-state index contributed by atoms with van der Waals surface area (Å²) in [4.78, 5) is 14.5. The molecule has 168 valence electrons. The fraction of sp³-hybridized carbons (Fsp3) is 0.435. The topological polar surface area (TPSA) is 71.0 Å². The van der Waals surface area contributed by atoms with Gasteiger partial charge in [0.15, 0.2) is 0 Å². The lowest BCUT2D eigenvalue weighted by Gasteiger charge is -2.28. The molecule has 0 spiro atoms. The van der Waals surface area contributed by atoms with Crippen LogP contribution in [0.15, 0.2) is 48.5 Å². The summed E-state index contributed by atoms with van der Waals surface area (Å²) in [6.07, 6.45) is -2.52. The van der Waals surface area contributed by atoms with E-state index in [0.717, 1.165) is 31.5 Å². The predicted octanol–water partition coefficient (Wildman–Crippen LogP) is 4.06. The standard InChI is InChI=1S/C23H28F2N2O4/c1-30-20-10-9-17(13-18(20)22(24)25)21(28)19(14-27-11-5-6-12-27)26-23(29)31-15-16-7-3-2-4-8-16/h2-4,7-10,13,19,21-22,28H,5-6,11-12,14-15H2,1H3,(H,26,29)/t19-,21?/m1/s1. The highest BCUT2D eigenvalue weighted by Crippen LogP contribution is 2.32. The second-order valence-electron chi connectivity index (χ2n) is 7.57. The van der Waals surface area contributed by atoms with Crippen molar-refractivity contribution in [1.82, 2.24) is 10.2 Å². The van der Waals surface area contributed by atoms with Gasteiger partial charge in [0.25, 0.3) is 6.43 Å². The van der Waals surface area contributed by atoms with Gasteiger partial charge in [-0.15, -0.1) is 0 Å². The first kappa shape index (κ1) is 23.0. The second-order valence-corrected chi connectivity index (χ2v) is 7.57. The Morgan fingerprint density at radius 2 is 1.87 bits per heavy atom. The first-order valence-electron chi connectivity index (χ1n) is 10.3. The number of nitrogens with zero attached hydrogens (tertiary/aromatic N) is 1. The first-order chi connectivity index (χ1) is 15.0. The van der Waals surface area contributed by atoms with Crippen LogP contribution in [0.25, 0.3) is 0 Å². The molecular formula is C23H28F2N2O4.